The quantitative estimate of drug-likeness (QED) is 0.777. The Labute approximate surface area is 140 Å². The van der Waals surface area contributed by atoms with E-state index in [1.165, 1.54) is 18.4 Å². The lowest BCUT2D eigenvalue weighted by Gasteiger charge is -2.20. The van der Waals surface area contributed by atoms with Crippen LogP contribution in [0.25, 0.3) is 11.2 Å². The molecule has 0 bridgehead atoms. The number of hydrogen-bond acceptors (Lipinski definition) is 6. The molecule has 0 radical (unpaired) electrons. The Balaban J connectivity index is 1.59. The lowest BCUT2D eigenvalue weighted by atomic mass is 10.2. The molecule has 1 N–H and O–H groups in total. The highest BCUT2D eigenvalue weighted by Gasteiger charge is 2.17. The normalized spacial score (nSPS) is 14.5. The topological polar surface area (TPSA) is 71.8 Å². The highest BCUT2D eigenvalue weighted by molar-refractivity contribution is 5.82. The zero-order valence-electron chi connectivity index (χ0n) is 13.8. The third kappa shape index (κ3) is 2.66. The Morgan fingerprint density at radius 1 is 1.12 bits per heavy atom. The molecule has 0 aliphatic carbocycles. The van der Waals surface area contributed by atoms with Gasteiger partial charge in [-0.25, -0.2) is 19.9 Å². The van der Waals surface area contributed by atoms with Crippen LogP contribution in [0, 0.1) is 0 Å². The van der Waals surface area contributed by atoms with Crippen LogP contribution >= 0.6 is 0 Å². The SMILES string of the molecule is CCn1cnc2c(NCc3cccnc3N3CCCC3)ncnc21. The lowest BCUT2D eigenvalue weighted by molar-refractivity contribution is 0.777. The number of pyridine rings is 1. The molecule has 0 aromatic carbocycles. The van der Waals surface area contributed by atoms with Crippen LogP contribution in [0.4, 0.5) is 11.6 Å². The maximum absolute atomic E-state index is 4.59. The summed E-state index contributed by atoms with van der Waals surface area (Å²) in [5.74, 6) is 1.84. The number of nitrogens with one attached hydrogen (secondary N) is 1. The first-order valence-electron chi connectivity index (χ1n) is 8.45. The van der Waals surface area contributed by atoms with Crippen LogP contribution in [-0.2, 0) is 13.1 Å². The highest BCUT2D eigenvalue weighted by Crippen LogP contribution is 2.24. The molecular weight excluding hydrogens is 302 g/mol. The molecule has 0 atom stereocenters. The van der Waals surface area contributed by atoms with E-state index in [4.69, 9.17) is 0 Å². The molecule has 1 saturated heterocycles. The summed E-state index contributed by atoms with van der Waals surface area (Å²) in [6, 6.07) is 4.11. The Morgan fingerprint density at radius 3 is 2.83 bits per heavy atom. The Morgan fingerprint density at radius 2 is 2.00 bits per heavy atom. The van der Waals surface area contributed by atoms with E-state index in [9.17, 15) is 0 Å². The molecule has 1 fully saturated rings. The molecule has 3 aromatic rings. The molecule has 0 saturated carbocycles. The summed E-state index contributed by atoms with van der Waals surface area (Å²) in [6.07, 6.45) is 7.74. The van der Waals surface area contributed by atoms with Crippen LogP contribution < -0.4 is 10.2 Å². The van der Waals surface area contributed by atoms with Gasteiger partial charge < -0.3 is 14.8 Å². The molecule has 24 heavy (non-hydrogen) atoms. The Hall–Kier alpha value is -2.70. The lowest BCUT2D eigenvalue weighted by Crippen LogP contribution is -2.21. The van der Waals surface area contributed by atoms with Crippen molar-refractivity contribution in [2.45, 2.75) is 32.9 Å². The van der Waals surface area contributed by atoms with Gasteiger partial charge in [0.2, 0.25) is 0 Å². The fourth-order valence-corrected chi connectivity index (χ4v) is 3.20. The van der Waals surface area contributed by atoms with Gasteiger partial charge in [0.1, 0.15) is 17.7 Å². The number of aromatic nitrogens is 5. The average molecular weight is 323 g/mol. The molecule has 7 nitrogen and oxygen atoms in total. The van der Waals surface area contributed by atoms with Crippen LogP contribution in [0.5, 0.6) is 0 Å². The van der Waals surface area contributed by atoms with Crippen LogP contribution in [-0.4, -0.2) is 37.6 Å². The van der Waals surface area contributed by atoms with E-state index in [0.29, 0.717) is 6.54 Å². The van der Waals surface area contributed by atoms with Crippen LogP contribution in [0.1, 0.15) is 25.3 Å². The molecule has 3 aromatic heterocycles. The second kappa shape index (κ2) is 6.43. The molecule has 4 heterocycles. The predicted molar refractivity (Wildman–Crippen MR) is 94.0 cm³/mol. The molecule has 0 spiro atoms. The first kappa shape index (κ1) is 14.9. The molecule has 1 aliphatic heterocycles. The number of anilines is 2. The average Bonchev–Trinajstić information content (AvgIpc) is 3.29. The van der Waals surface area contributed by atoms with Crippen molar-refractivity contribution in [3.8, 4) is 0 Å². The number of aryl methyl sites for hydroxylation is 1. The fourth-order valence-electron chi connectivity index (χ4n) is 3.20. The van der Waals surface area contributed by atoms with Crippen molar-refractivity contribution in [1.82, 2.24) is 24.5 Å². The summed E-state index contributed by atoms with van der Waals surface area (Å²) in [5.41, 5.74) is 2.85. The molecule has 0 amide bonds. The Bertz CT molecular complexity index is 836. The first-order chi connectivity index (χ1) is 11.9. The van der Waals surface area contributed by atoms with Gasteiger partial charge in [0, 0.05) is 37.9 Å². The van der Waals surface area contributed by atoms with E-state index >= 15 is 0 Å². The van der Waals surface area contributed by atoms with E-state index in [-0.39, 0.29) is 0 Å². The van der Waals surface area contributed by atoms with Crippen molar-refractivity contribution in [1.29, 1.82) is 0 Å². The molecule has 1 aliphatic rings. The maximum atomic E-state index is 4.59. The van der Waals surface area contributed by atoms with Crippen molar-refractivity contribution >= 4 is 22.8 Å². The monoisotopic (exact) mass is 323 g/mol. The summed E-state index contributed by atoms with van der Waals surface area (Å²) in [7, 11) is 0. The van der Waals surface area contributed by atoms with E-state index < -0.39 is 0 Å². The van der Waals surface area contributed by atoms with Gasteiger partial charge in [-0.1, -0.05) is 6.07 Å². The van der Waals surface area contributed by atoms with Gasteiger partial charge in [0.15, 0.2) is 11.5 Å². The highest BCUT2D eigenvalue weighted by atomic mass is 15.2. The van der Waals surface area contributed by atoms with E-state index in [2.05, 4.69) is 43.1 Å². The Kier molecular flexibility index (Phi) is 3.98. The van der Waals surface area contributed by atoms with Crippen molar-refractivity contribution in [2.75, 3.05) is 23.3 Å². The second-order valence-corrected chi connectivity index (χ2v) is 5.96. The van der Waals surface area contributed by atoms with Crippen molar-refractivity contribution < 1.29 is 0 Å². The number of hydrogen-bond donors (Lipinski definition) is 1. The van der Waals surface area contributed by atoms with E-state index in [1.54, 1.807) is 6.33 Å². The molecule has 4 rings (SSSR count). The minimum Gasteiger partial charge on any atom is -0.364 e. The zero-order valence-corrected chi connectivity index (χ0v) is 13.8. The number of imidazole rings is 1. The van der Waals surface area contributed by atoms with Crippen molar-refractivity contribution in [2.24, 2.45) is 0 Å². The zero-order chi connectivity index (χ0) is 16.4. The molecule has 7 heteroatoms. The van der Waals surface area contributed by atoms with Gasteiger partial charge in [0.25, 0.3) is 0 Å². The molecule has 0 unspecified atom stereocenters. The van der Waals surface area contributed by atoms with Crippen LogP contribution in [0.2, 0.25) is 0 Å². The number of rotatable bonds is 5. The maximum Gasteiger partial charge on any atom is 0.165 e. The summed E-state index contributed by atoms with van der Waals surface area (Å²) >= 11 is 0. The standard InChI is InChI=1S/C17H21N7/c1-2-23-12-22-14-15(20-11-21-17(14)23)19-10-13-6-5-7-18-16(13)24-8-3-4-9-24/h5-7,11-12H,2-4,8-10H2,1H3,(H,19,20,21). The van der Waals surface area contributed by atoms with E-state index in [1.807, 2.05) is 23.2 Å². The van der Waals surface area contributed by atoms with Crippen molar-refractivity contribution in [3.05, 3.63) is 36.5 Å². The van der Waals surface area contributed by atoms with Crippen molar-refractivity contribution in [3.63, 3.8) is 0 Å². The summed E-state index contributed by atoms with van der Waals surface area (Å²) < 4.78 is 2.02. The summed E-state index contributed by atoms with van der Waals surface area (Å²) in [4.78, 5) is 20.1. The van der Waals surface area contributed by atoms with Crippen LogP contribution in [0.15, 0.2) is 31.0 Å². The predicted octanol–water partition coefficient (Wildman–Crippen LogP) is 2.45. The fraction of sp³-hybridized carbons (Fsp3) is 0.412. The van der Waals surface area contributed by atoms with E-state index in [0.717, 1.165) is 42.4 Å². The van der Waals surface area contributed by atoms with Gasteiger partial charge in [-0.2, -0.15) is 0 Å². The summed E-state index contributed by atoms with van der Waals surface area (Å²) in [6.45, 7) is 5.76. The first-order valence-corrected chi connectivity index (χ1v) is 8.45. The second-order valence-electron chi connectivity index (χ2n) is 5.96. The summed E-state index contributed by atoms with van der Waals surface area (Å²) in [5, 5.41) is 3.41. The molecule has 124 valence electrons. The van der Waals surface area contributed by atoms with Crippen LogP contribution in [0.3, 0.4) is 0 Å². The molecular formula is C17H21N7. The van der Waals surface area contributed by atoms with Gasteiger partial charge >= 0.3 is 0 Å². The van der Waals surface area contributed by atoms with Gasteiger partial charge in [-0.05, 0) is 25.8 Å². The smallest absolute Gasteiger partial charge is 0.165 e. The third-order valence-electron chi connectivity index (χ3n) is 4.46. The van der Waals surface area contributed by atoms with Gasteiger partial charge in [-0.3, -0.25) is 0 Å². The minimum atomic E-state index is 0.671. The third-order valence-corrected chi connectivity index (χ3v) is 4.46. The number of nitrogens with zero attached hydrogens (tertiary/aromatic N) is 6. The van der Waals surface area contributed by atoms with Gasteiger partial charge in [0.05, 0.1) is 6.33 Å². The number of fused-ring (bicyclic) bond motifs is 1. The largest absolute Gasteiger partial charge is 0.364 e. The van der Waals surface area contributed by atoms with Gasteiger partial charge in [-0.15, -0.1) is 0 Å². The minimum absolute atomic E-state index is 0.671.